The molecule has 9 nitrogen and oxygen atoms in total. The lowest BCUT2D eigenvalue weighted by molar-refractivity contribution is -0.146. The highest BCUT2D eigenvalue weighted by atomic mass is 19.4. The lowest BCUT2D eigenvalue weighted by atomic mass is 10.3. The first-order valence-electron chi connectivity index (χ1n) is 8.60. The number of alkyl halides is 3. The van der Waals surface area contributed by atoms with Crippen LogP contribution in [0.15, 0.2) is 22.7 Å². The van der Waals surface area contributed by atoms with Crippen molar-refractivity contribution in [3.05, 3.63) is 35.5 Å². The summed E-state index contributed by atoms with van der Waals surface area (Å²) >= 11 is 0. The Bertz CT molecular complexity index is 1010. The standard InChI is InChI=1S/C16H16F3N7O2/c1-10-9-11(23-28-10)14(27)25-6-2-5-24(7-8-25)13-4-3-12-20-21-15(16(17,18)19)26(12)22-13/h3-4,9H,2,5-8H2,1H3. The summed E-state index contributed by atoms with van der Waals surface area (Å²) in [6, 6.07) is 4.62. The van der Waals surface area contributed by atoms with Crippen LogP contribution in [-0.2, 0) is 6.18 Å². The first-order chi connectivity index (χ1) is 13.3. The zero-order valence-electron chi connectivity index (χ0n) is 14.8. The van der Waals surface area contributed by atoms with Crippen molar-refractivity contribution in [2.75, 3.05) is 31.1 Å². The summed E-state index contributed by atoms with van der Waals surface area (Å²) in [6.07, 6.45) is -4.01. The molecule has 1 aliphatic heterocycles. The number of hydrogen-bond donors (Lipinski definition) is 0. The van der Waals surface area contributed by atoms with Gasteiger partial charge in [-0.05, 0) is 25.5 Å². The van der Waals surface area contributed by atoms with Crippen molar-refractivity contribution in [3.63, 3.8) is 0 Å². The van der Waals surface area contributed by atoms with E-state index in [1.165, 1.54) is 6.07 Å². The van der Waals surface area contributed by atoms with Crippen LogP contribution in [0.3, 0.4) is 0 Å². The van der Waals surface area contributed by atoms with Gasteiger partial charge in [0.25, 0.3) is 11.7 Å². The van der Waals surface area contributed by atoms with E-state index in [2.05, 4.69) is 20.5 Å². The van der Waals surface area contributed by atoms with E-state index in [-0.39, 0.29) is 17.2 Å². The number of amides is 1. The van der Waals surface area contributed by atoms with Crippen LogP contribution in [0.4, 0.5) is 19.0 Å². The topological polar surface area (TPSA) is 92.7 Å². The number of aryl methyl sites for hydroxylation is 1. The van der Waals surface area contributed by atoms with E-state index in [9.17, 15) is 18.0 Å². The molecular formula is C16H16F3N7O2. The Balaban J connectivity index is 1.53. The minimum absolute atomic E-state index is 0.0177. The van der Waals surface area contributed by atoms with E-state index < -0.39 is 12.0 Å². The quantitative estimate of drug-likeness (QED) is 0.653. The van der Waals surface area contributed by atoms with E-state index >= 15 is 0 Å². The molecule has 1 saturated heterocycles. The Morgan fingerprint density at radius 3 is 2.68 bits per heavy atom. The molecule has 0 spiro atoms. The molecule has 4 heterocycles. The Morgan fingerprint density at radius 2 is 1.96 bits per heavy atom. The summed E-state index contributed by atoms with van der Waals surface area (Å²) < 4.78 is 44.8. The molecule has 0 saturated carbocycles. The molecule has 0 bridgehead atoms. The van der Waals surface area contributed by atoms with Gasteiger partial charge in [0, 0.05) is 32.2 Å². The fraction of sp³-hybridized carbons (Fsp3) is 0.438. The van der Waals surface area contributed by atoms with Gasteiger partial charge in [0.05, 0.1) is 0 Å². The van der Waals surface area contributed by atoms with Gasteiger partial charge in [-0.25, -0.2) is 0 Å². The van der Waals surface area contributed by atoms with E-state index in [4.69, 9.17) is 4.52 Å². The Labute approximate surface area is 156 Å². The molecule has 3 aromatic heterocycles. The summed E-state index contributed by atoms with van der Waals surface area (Å²) in [4.78, 5) is 16.0. The molecule has 12 heteroatoms. The van der Waals surface area contributed by atoms with Crippen molar-refractivity contribution < 1.29 is 22.5 Å². The van der Waals surface area contributed by atoms with Crippen molar-refractivity contribution >= 4 is 17.4 Å². The average molecular weight is 395 g/mol. The smallest absolute Gasteiger partial charge is 0.361 e. The van der Waals surface area contributed by atoms with Crippen LogP contribution in [0.1, 0.15) is 28.5 Å². The molecule has 0 aromatic carbocycles. The van der Waals surface area contributed by atoms with Gasteiger partial charge in [0.2, 0.25) is 0 Å². The molecule has 0 unspecified atom stereocenters. The maximum atomic E-state index is 13.1. The molecule has 3 aromatic rings. The molecule has 0 aliphatic carbocycles. The Kier molecular flexibility index (Phi) is 4.40. The largest absolute Gasteiger partial charge is 0.453 e. The number of halogens is 3. The Morgan fingerprint density at radius 1 is 1.14 bits per heavy atom. The third kappa shape index (κ3) is 3.37. The fourth-order valence-electron chi connectivity index (χ4n) is 3.10. The lowest BCUT2D eigenvalue weighted by Gasteiger charge is -2.22. The number of aromatic nitrogens is 5. The zero-order valence-corrected chi connectivity index (χ0v) is 14.8. The lowest BCUT2D eigenvalue weighted by Crippen LogP contribution is -2.35. The first-order valence-corrected chi connectivity index (χ1v) is 8.60. The molecule has 0 radical (unpaired) electrons. The number of nitrogens with zero attached hydrogens (tertiary/aromatic N) is 7. The SMILES string of the molecule is Cc1cc(C(=O)N2CCCN(c3ccc4nnc(C(F)(F)F)n4n3)CC2)no1. The number of carbonyl (C=O) groups excluding carboxylic acids is 1. The monoisotopic (exact) mass is 395 g/mol. The predicted octanol–water partition coefficient (Wildman–Crippen LogP) is 1.79. The van der Waals surface area contributed by atoms with Gasteiger partial charge in [-0.2, -0.15) is 17.7 Å². The van der Waals surface area contributed by atoms with E-state index in [0.717, 1.165) is 0 Å². The van der Waals surface area contributed by atoms with Crippen LogP contribution in [0, 0.1) is 6.92 Å². The van der Waals surface area contributed by atoms with Crippen LogP contribution >= 0.6 is 0 Å². The number of anilines is 1. The van der Waals surface area contributed by atoms with Crippen molar-refractivity contribution in [3.8, 4) is 0 Å². The van der Waals surface area contributed by atoms with E-state index in [1.807, 2.05) is 4.90 Å². The fourth-order valence-corrected chi connectivity index (χ4v) is 3.10. The third-order valence-corrected chi connectivity index (χ3v) is 4.46. The van der Waals surface area contributed by atoms with Gasteiger partial charge in [0.1, 0.15) is 11.6 Å². The summed E-state index contributed by atoms with van der Waals surface area (Å²) in [7, 11) is 0. The summed E-state index contributed by atoms with van der Waals surface area (Å²) in [5, 5.41) is 14.5. The highest BCUT2D eigenvalue weighted by Crippen LogP contribution is 2.28. The second-order valence-corrected chi connectivity index (χ2v) is 6.44. The Hall–Kier alpha value is -3.18. The van der Waals surface area contributed by atoms with Gasteiger partial charge in [-0.3, -0.25) is 4.79 Å². The molecule has 28 heavy (non-hydrogen) atoms. The van der Waals surface area contributed by atoms with Crippen LogP contribution in [0.25, 0.3) is 5.65 Å². The predicted molar refractivity (Wildman–Crippen MR) is 89.8 cm³/mol. The summed E-state index contributed by atoms with van der Waals surface area (Å²) in [6.45, 7) is 3.56. The number of rotatable bonds is 2. The van der Waals surface area contributed by atoms with Crippen LogP contribution in [0.5, 0.6) is 0 Å². The van der Waals surface area contributed by atoms with Crippen LogP contribution in [0.2, 0.25) is 0 Å². The molecule has 1 fully saturated rings. The molecule has 1 aliphatic rings. The summed E-state index contributed by atoms with van der Waals surface area (Å²) in [5.41, 5.74) is 0.258. The minimum Gasteiger partial charge on any atom is -0.361 e. The zero-order chi connectivity index (χ0) is 19.9. The van der Waals surface area contributed by atoms with Gasteiger partial charge in [-0.1, -0.05) is 5.16 Å². The third-order valence-electron chi connectivity index (χ3n) is 4.46. The van der Waals surface area contributed by atoms with Crippen molar-refractivity contribution in [1.82, 2.24) is 29.9 Å². The van der Waals surface area contributed by atoms with Crippen molar-refractivity contribution in [2.45, 2.75) is 19.5 Å². The van der Waals surface area contributed by atoms with Crippen LogP contribution < -0.4 is 4.90 Å². The van der Waals surface area contributed by atoms with Gasteiger partial charge in [-0.15, -0.1) is 15.3 Å². The molecule has 148 valence electrons. The normalized spacial score (nSPS) is 15.9. The maximum Gasteiger partial charge on any atom is 0.453 e. The second kappa shape index (κ2) is 6.77. The molecule has 0 N–H and O–H groups in total. The number of fused-ring (bicyclic) bond motifs is 1. The highest BCUT2D eigenvalue weighted by Gasteiger charge is 2.37. The number of hydrogen-bond acceptors (Lipinski definition) is 7. The number of carbonyl (C=O) groups is 1. The summed E-state index contributed by atoms with van der Waals surface area (Å²) in [5.74, 6) is -0.492. The minimum atomic E-state index is -4.65. The molecular weight excluding hydrogens is 379 g/mol. The maximum absolute atomic E-state index is 13.1. The van der Waals surface area contributed by atoms with E-state index in [1.54, 1.807) is 24.0 Å². The van der Waals surface area contributed by atoms with Crippen molar-refractivity contribution in [1.29, 1.82) is 0 Å². The highest BCUT2D eigenvalue weighted by molar-refractivity contribution is 5.92. The van der Waals surface area contributed by atoms with Gasteiger partial charge in [0.15, 0.2) is 11.3 Å². The van der Waals surface area contributed by atoms with Crippen LogP contribution in [-0.4, -0.2) is 62.0 Å². The molecule has 4 rings (SSSR count). The average Bonchev–Trinajstić information content (AvgIpc) is 3.19. The second-order valence-electron chi connectivity index (χ2n) is 6.44. The van der Waals surface area contributed by atoms with Crippen molar-refractivity contribution in [2.24, 2.45) is 0 Å². The van der Waals surface area contributed by atoms with Gasteiger partial charge >= 0.3 is 6.18 Å². The van der Waals surface area contributed by atoms with E-state index in [0.29, 0.717) is 48.7 Å². The molecule has 0 atom stereocenters. The van der Waals surface area contributed by atoms with Gasteiger partial charge < -0.3 is 14.3 Å². The first kappa shape index (κ1) is 18.2. The molecule has 1 amide bonds.